The average molecular weight is 293 g/mol. The van der Waals surface area contributed by atoms with E-state index >= 15 is 0 Å². The van der Waals surface area contributed by atoms with E-state index in [0.29, 0.717) is 13.1 Å². The maximum Gasteiger partial charge on any atom is 0.237 e. The number of benzene rings is 1. The molecule has 1 unspecified atom stereocenters. The van der Waals surface area contributed by atoms with Gasteiger partial charge in [-0.1, -0.05) is 12.1 Å². The van der Waals surface area contributed by atoms with Crippen molar-refractivity contribution in [1.82, 2.24) is 15.1 Å². The zero-order chi connectivity index (χ0) is 15.2. The Balaban J connectivity index is 1.99. The first-order valence-electron chi connectivity index (χ1n) is 7.59. The van der Waals surface area contributed by atoms with E-state index in [2.05, 4.69) is 10.2 Å². The van der Waals surface area contributed by atoms with Gasteiger partial charge in [0.25, 0.3) is 0 Å². The number of rotatable bonds is 5. The Morgan fingerprint density at radius 3 is 2.52 bits per heavy atom. The summed E-state index contributed by atoms with van der Waals surface area (Å²) in [5.41, 5.74) is 0.965. The van der Waals surface area contributed by atoms with Gasteiger partial charge in [-0.15, -0.1) is 0 Å². The average Bonchev–Trinajstić information content (AvgIpc) is 2.49. The zero-order valence-electron chi connectivity index (χ0n) is 12.8. The second-order valence-electron chi connectivity index (χ2n) is 5.43. The van der Waals surface area contributed by atoms with Gasteiger partial charge in [-0.05, 0) is 31.5 Å². The van der Waals surface area contributed by atoms with Gasteiger partial charge in [0.1, 0.15) is 5.82 Å². The van der Waals surface area contributed by atoms with Crippen LogP contribution in [-0.2, 0) is 4.79 Å². The Morgan fingerprint density at radius 1 is 1.33 bits per heavy atom. The third-order valence-electron chi connectivity index (χ3n) is 4.05. The fourth-order valence-corrected chi connectivity index (χ4v) is 2.74. The third-order valence-corrected chi connectivity index (χ3v) is 4.05. The van der Waals surface area contributed by atoms with Gasteiger partial charge in [0.05, 0.1) is 12.6 Å². The fraction of sp³-hybridized carbons (Fsp3) is 0.562. The van der Waals surface area contributed by atoms with Crippen molar-refractivity contribution in [1.29, 1.82) is 0 Å². The van der Waals surface area contributed by atoms with Crippen LogP contribution in [0.4, 0.5) is 4.39 Å². The largest absolute Gasteiger partial charge is 0.335 e. The lowest BCUT2D eigenvalue weighted by atomic mass is 10.1. The standard InChI is InChI=1S/C16H24FN3O/c1-3-20(13(2)14-4-6-15(17)7-5-14)16(21)12-19-10-8-18-9-11-19/h4-7,13,18H,3,8-12H2,1-2H3. The van der Waals surface area contributed by atoms with Crippen molar-refractivity contribution in [3.05, 3.63) is 35.6 Å². The Hall–Kier alpha value is -1.46. The molecule has 21 heavy (non-hydrogen) atoms. The van der Waals surface area contributed by atoms with Gasteiger partial charge < -0.3 is 10.2 Å². The van der Waals surface area contributed by atoms with Crippen LogP contribution in [0.25, 0.3) is 0 Å². The van der Waals surface area contributed by atoms with Crippen molar-refractivity contribution in [3.63, 3.8) is 0 Å². The Labute approximate surface area is 125 Å². The van der Waals surface area contributed by atoms with E-state index in [4.69, 9.17) is 0 Å². The summed E-state index contributed by atoms with van der Waals surface area (Å²) in [5, 5.41) is 3.28. The van der Waals surface area contributed by atoms with Crippen LogP contribution in [0.1, 0.15) is 25.5 Å². The van der Waals surface area contributed by atoms with Gasteiger partial charge in [0, 0.05) is 32.7 Å². The van der Waals surface area contributed by atoms with Crippen LogP contribution >= 0.6 is 0 Å². The second-order valence-corrected chi connectivity index (χ2v) is 5.43. The summed E-state index contributed by atoms with van der Waals surface area (Å²) in [6.07, 6.45) is 0. The molecular weight excluding hydrogens is 269 g/mol. The van der Waals surface area contributed by atoms with Gasteiger partial charge >= 0.3 is 0 Å². The molecule has 1 fully saturated rings. The molecular formula is C16H24FN3O. The van der Waals surface area contributed by atoms with E-state index in [1.54, 1.807) is 12.1 Å². The third kappa shape index (κ3) is 4.25. The summed E-state index contributed by atoms with van der Waals surface area (Å²) in [7, 11) is 0. The number of nitrogens with one attached hydrogen (secondary N) is 1. The molecule has 0 bridgehead atoms. The lowest BCUT2D eigenvalue weighted by Crippen LogP contribution is -2.48. The molecule has 0 saturated carbocycles. The predicted octanol–water partition coefficient (Wildman–Crippen LogP) is 1.64. The number of likely N-dealkylation sites (N-methyl/N-ethyl adjacent to an activating group) is 1. The van der Waals surface area contributed by atoms with Gasteiger partial charge in [-0.25, -0.2) is 4.39 Å². The monoisotopic (exact) mass is 293 g/mol. The van der Waals surface area contributed by atoms with E-state index in [-0.39, 0.29) is 17.8 Å². The molecule has 0 radical (unpaired) electrons. The maximum atomic E-state index is 13.0. The molecule has 5 heteroatoms. The highest BCUT2D eigenvalue weighted by Gasteiger charge is 2.22. The highest BCUT2D eigenvalue weighted by Crippen LogP contribution is 2.20. The number of amides is 1. The van der Waals surface area contributed by atoms with Crippen molar-refractivity contribution in [3.8, 4) is 0 Å². The van der Waals surface area contributed by atoms with Crippen LogP contribution in [0.3, 0.4) is 0 Å². The number of piperazine rings is 1. The molecule has 1 heterocycles. The topological polar surface area (TPSA) is 35.6 Å². The first-order chi connectivity index (χ1) is 10.1. The van der Waals surface area contributed by atoms with E-state index in [9.17, 15) is 9.18 Å². The summed E-state index contributed by atoms with van der Waals surface area (Å²) in [6, 6.07) is 6.36. The molecule has 1 amide bonds. The fourth-order valence-electron chi connectivity index (χ4n) is 2.74. The van der Waals surface area contributed by atoms with Gasteiger partial charge in [-0.3, -0.25) is 9.69 Å². The zero-order valence-corrected chi connectivity index (χ0v) is 12.8. The molecule has 1 aromatic carbocycles. The molecule has 1 aliphatic rings. The van der Waals surface area contributed by atoms with Crippen molar-refractivity contribution in [2.75, 3.05) is 39.3 Å². The highest BCUT2D eigenvalue weighted by atomic mass is 19.1. The van der Waals surface area contributed by atoms with Crippen molar-refractivity contribution >= 4 is 5.91 Å². The molecule has 2 rings (SSSR count). The number of carbonyl (C=O) groups excluding carboxylic acids is 1. The summed E-state index contributed by atoms with van der Waals surface area (Å²) < 4.78 is 13.0. The van der Waals surface area contributed by atoms with Crippen LogP contribution < -0.4 is 5.32 Å². The number of hydrogen-bond donors (Lipinski definition) is 1. The predicted molar refractivity (Wildman–Crippen MR) is 81.5 cm³/mol. The normalized spacial score (nSPS) is 17.5. The maximum absolute atomic E-state index is 13.0. The highest BCUT2D eigenvalue weighted by molar-refractivity contribution is 5.78. The van der Waals surface area contributed by atoms with Crippen molar-refractivity contribution in [2.45, 2.75) is 19.9 Å². The van der Waals surface area contributed by atoms with Crippen molar-refractivity contribution in [2.24, 2.45) is 0 Å². The molecule has 116 valence electrons. The van der Waals surface area contributed by atoms with Crippen LogP contribution in [0.5, 0.6) is 0 Å². The van der Waals surface area contributed by atoms with E-state index in [0.717, 1.165) is 31.7 Å². The van der Waals surface area contributed by atoms with Crippen LogP contribution in [0.2, 0.25) is 0 Å². The number of hydrogen-bond acceptors (Lipinski definition) is 3. The first kappa shape index (κ1) is 15.9. The quantitative estimate of drug-likeness (QED) is 0.896. The molecule has 1 N–H and O–H groups in total. The van der Waals surface area contributed by atoms with Gasteiger partial charge in [0.15, 0.2) is 0 Å². The summed E-state index contributed by atoms with van der Waals surface area (Å²) in [5.74, 6) is -0.114. The number of carbonyl (C=O) groups is 1. The van der Waals surface area contributed by atoms with Crippen LogP contribution in [0, 0.1) is 5.82 Å². The van der Waals surface area contributed by atoms with E-state index in [1.165, 1.54) is 12.1 Å². The minimum atomic E-state index is -0.249. The summed E-state index contributed by atoms with van der Waals surface area (Å²) in [4.78, 5) is 16.5. The second kappa shape index (κ2) is 7.52. The Bertz CT molecular complexity index is 457. The summed E-state index contributed by atoms with van der Waals surface area (Å²) >= 11 is 0. The van der Waals surface area contributed by atoms with E-state index in [1.807, 2.05) is 18.7 Å². The van der Waals surface area contributed by atoms with Gasteiger partial charge in [0.2, 0.25) is 5.91 Å². The lowest BCUT2D eigenvalue weighted by Gasteiger charge is -2.32. The molecule has 1 aliphatic heterocycles. The smallest absolute Gasteiger partial charge is 0.237 e. The molecule has 4 nitrogen and oxygen atoms in total. The lowest BCUT2D eigenvalue weighted by molar-refractivity contribution is -0.134. The number of nitrogens with zero attached hydrogens (tertiary/aromatic N) is 2. The minimum absolute atomic E-state index is 0.0361. The first-order valence-corrected chi connectivity index (χ1v) is 7.59. The van der Waals surface area contributed by atoms with Gasteiger partial charge in [-0.2, -0.15) is 0 Å². The molecule has 0 aliphatic carbocycles. The number of halogens is 1. The van der Waals surface area contributed by atoms with Crippen molar-refractivity contribution < 1.29 is 9.18 Å². The molecule has 1 aromatic rings. The molecule has 0 spiro atoms. The molecule has 1 saturated heterocycles. The molecule has 0 aromatic heterocycles. The SMILES string of the molecule is CCN(C(=O)CN1CCNCC1)C(C)c1ccc(F)cc1. The van der Waals surface area contributed by atoms with Crippen LogP contribution in [0.15, 0.2) is 24.3 Å². The Morgan fingerprint density at radius 2 is 1.95 bits per heavy atom. The summed E-state index contributed by atoms with van der Waals surface area (Å²) in [6.45, 7) is 8.79. The van der Waals surface area contributed by atoms with Crippen LogP contribution in [-0.4, -0.2) is 55.0 Å². The Kier molecular flexibility index (Phi) is 5.70. The minimum Gasteiger partial charge on any atom is -0.335 e. The van der Waals surface area contributed by atoms with E-state index < -0.39 is 0 Å². The molecule has 1 atom stereocenters.